The lowest BCUT2D eigenvalue weighted by molar-refractivity contribution is -0.123. The molecule has 0 spiro atoms. The van der Waals surface area contributed by atoms with Crippen LogP contribution >= 0.6 is 0 Å². The van der Waals surface area contributed by atoms with Crippen LogP contribution in [0.25, 0.3) is 10.9 Å². The number of aromatic nitrogens is 4. The standard InChI is InChI=1S/C22H30N8O3/c1-3-4-7-11-30(2)21-26-20(27-22(28-21)33-15-19(32)23-10-12-31)29-25-14-16-13-24-18-9-6-5-8-17(16)18/h5-6,8-9,13-14,24,31H,3-4,7,10-12,15H2,1-2H3,(H,23,32)(H,26,27,28,29)/b25-14+. The van der Waals surface area contributed by atoms with Crippen LogP contribution in [0.2, 0.25) is 0 Å². The second-order valence-electron chi connectivity index (χ2n) is 7.39. The Morgan fingerprint density at radius 1 is 1.27 bits per heavy atom. The molecule has 4 N–H and O–H groups in total. The van der Waals surface area contributed by atoms with Gasteiger partial charge in [-0.15, -0.1) is 0 Å². The molecule has 11 heteroatoms. The van der Waals surface area contributed by atoms with Gasteiger partial charge in [-0.3, -0.25) is 4.79 Å². The number of anilines is 2. The number of hydrogen-bond donors (Lipinski definition) is 4. The van der Waals surface area contributed by atoms with Gasteiger partial charge in [0.25, 0.3) is 11.9 Å². The van der Waals surface area contributed by atoms with E-state index in [4.69, 9.17) is 9.84 Å². The third-order valence-electron chi connectivity index (χ3n) is 4.80. The molecule has 1 amide bonds. The highest BCUT2D eigenvalue weighted by Crippen LogP contribution is 2.17. The number of aliphatic hydroxyl groups excluding tert-OH is 1. The third-order valence-corrected chi connectivity index (χ3v) is 4.80. The van der Waals surface area contributed by atoms with Gasteiger partial charge in [0, 0.05) is 42.8 Å². The summed E-state index contributed by atoms with van der Waals surface area (Å²) in [7, 11) is 1.89. The molecule has 3 aromatic rings. The molecule has 2 heterocycles. The molecule has 0 bridgehead atoms. The fourth-order valence-electron chi connectivity index (χ4n) is 3.07. The van der Waals surface area contributed by atoms with Crippen molar-refractivity contribution in [1.82, 2.24) is 25.3 Å². The number of fused-ring (bicyclic) bond motifs is 1. The molecular weight excluding hydrogens is 424 g/mol. The smallest absolute Gasteiger partial charge is 0.323 e. The van der Waals surface area contributed by atoms with Crippen molar-refractivity contribution >= 4 is 34.9 Å². The SMILES string of the molecule is CCCCCN(C)c1nc(N/N=C/c2c[nH]c3ccccc23)nc(OCC(=O)NCCO)n1. The monoisotopic (exact) mass is 454 g/mol. The van der Waals surface area contributed by atoms with Gasteiger partial charge in [0.15, 0.2) is 6.61 Å². The summed E-state index contributed by atoms with van der Waals surface area (Å²) in [6.07, 6.45) is 6.76. The molecular formula is C22H30N8O3. The predicted octanol–water partition coefficient (Wildman–Crippen LogP) is 1.91. The van der Waals surface area contributed by atoms with Gasteiger partial charge >= 0.3 is 6.01 Å². The number of carbonyl (C=O) groups excluding carboxylic acids is 1. The van der Waals surface area contributed by atoms with E-state index in [1.54, 1.807) is 6.21 Å². The number of para-hydroxylation sites is 1. The zero-order valence-corrected chi connectivity index (χ0v) is 18.9. The zero-order chi connectivity index (χ0) is 23.5. The van der Waals surface area contributed by atoms with Crippen LogP contribution in [0.4, 0.5) is 11.9 Å². The van der Waals surface area contributed by atoms with E-state index in [1.807, 2.05) is 42.4 Å². The van der Waals surface area contributed by atoms with Gasteiger partial charge in [-0.25, -0.2) is 5.43 Å². The topological polar surface area (TPSA) is 141 Å². The summed E-state index contributed by atoms with van der Waals surface area (Å²) >= 11 is 0. The van der Waals surface area contributed by atoms with Crippen LogP contribution in [-0.4, -0.2) is 70.5 Å². The quantitative estimate of drug-likeness (QED) is 0.174. The summed E-state index contributed by atoms with van der Waals surface area (Å²) < 4.78 is 5.45. The molecule has 0 aliphatic carbocycles. The lowest BCUT2D eigenvalue weighted by Gasteiger charge is -2.17. The number of rotatable bonds is 13. The lowest BCUT2D eigenvalue weighted by atomic mass is 10.2. The van der Waals surface area contributed by atoms with Crippen LogP contribution in [0.5, 0.6) is 6.01 Å². The van der Waals surface area contributed by atoms with Gasteiger partial charge in [0.1, 0.15) is 0 Å². The Balaban J connectivity index is 1.73. The zero-order valence-electron chi connectivity index (χ0n) is 18.9. The Morgan fingerprint density at radius 2 is 2.12 bits per heavy atom. The second kappa shape index (κ2) is 12.3. The Kier molecular flexibility index (Phi) is 8.95. The minimum atomic E-state index is -0.380. The highest BCUT2D eigenvalue weighted by Gasteiger charge is 2.13. The highest BCUT2D eigenvalue weighted by atomic mass is 16.5. The molecule has 0 atom stereocenters. The van der Waals surface area contributed by atoms with E-state index in [2.05, 4.69) is 42.7 Å². The molecule has 0 radical (unpaired) electrons. The van der Waals surface area contributed by atoms with Crippen molar-refractivity contribution in [2.75, 3.05) is 43.7 Å². The minimum absolute atomic E-state index is 0.00582. The van der Waals surface area contributed by atoms with Crippen molar-refractivity contribution in [1.29, 1.82) is 0 Å². The van der Waals surface area contributed by atoms with Gasteiger partial charge in [-0.2, -0.15) is 20.1 Å². The van der Waals surface area contributed by atoms with Crippen molar-refractivity contribution in [2.45, 2.75) is 26.2 Å². The van der Waals surface area contributed by atoms with Crippen LogP contribution in [0.15, 0.2) is 35.6 Å². The highest BCUT2D eigenvalue weighted by molar-refractivity contribution is 5.99. The summed E-state index contributed by atoms with van der Waals surface area (Å²) in [5, 5.41) is 16.6. The molecule has 0 saturated carbocycles. The summed E-state index contributed by atoms with van der Waals surface area (Å²) in [6, 6.07) is 7.94. The van der Waals surface area contributed by atoms with E-state index in [0.29, 0.717) is 5.95 Å². The predicted molar refractivity (Wildman–Crippen MR) is 128 cm³/mol. The number of ether oxygens (including phenoxy) is 1. The Bertz CT molecular complexity index is 1070. The number of aromatic amines is 1. The maximum atomic E-state index is 11.8. The van der Waals surface area contributed by atoms with Gasteiger partial charge in [-0.1, -0.05) is 38.0 Å². The number of nitrogens with zero attached hydrogens (tertiary/aromatic N) is 5. The first-order valence-electron chi connectivity index (χ1n) is 10.9. The maximum absolute atomic E-state index is 11.8. The summed E-state index contributed by atoms with van der Waals surface area (Å²) in [5.74, 6) is 0.232. The summed E-state index contributed by atoms with van der Waals surface area (Å²) in [4.78, 5) is 29.9. The Hall–Kier alpha value is -3.73. The number of unbranched alkanes of at least 4 members (excludes halogenated alkanes) is 2. The number of hydrogen-bond acceptors (Lipinski definition) is 9. The average Bonchev–Trinajstić information content (AvgIpc) is 3.24. The normalized spacial score (nSPS) is 11.1. The number of H-pyrrole nitrogens is 1. The molecule has 3 rings (SSSR count). The van der Waals surface area contributed by atoms with E-state index in [1.165, 1.54) is 0 Å². The molecule has 1 aromatic carbocycles. The van der Waals surface area contributed by atoms with Crippen molar-refractivity contribution in [3.05, 3.63) is 36.0 Å². The van der Waals surface area contributed by atoms with E-state index >= 15 is 0 Å². The maximum Gasteiger partial charge on any atom is 0.323 e. The van der Waals surface area contributed by atoms with E-state index in [0.717, 1.165) is 42.3 Å². The van der Waals surface area contributed by atoms with Gasteiger partial charge < -0.3 is 25.0 Å². The minimum Gasteiger partial charge on any atom is -0.453 e. The van der Waals surface area contributed by atoms with Crippen LogP contribution in [0.3, 0.4) is 0 Å². The van der Waals surface area contributed by atoms with E-state index in [9.17, 15) is 4.79 Å². The fraction of sp³-hybridized carbons (Fsp3) is 0.409. The molecule has 0 saturated heterocycles. The molecule has 0 aliphatic heterocycles. The molecule has 0 fully saturated rings. The number of amides is 1. The van der Waals surface area contributed by atoms with Crippen molar-refractivity contribution in [2.24, 2.45) is 5.10 Å². The first kappa shape index (κ1) is 23.9. The van der Waals surface area contributed by atoms with Crippen LogP contribution in [0.1, 0.15) is 31.7 Å². The number of carbonyl (C=O) groups is 1. The van der Waals surface area contributed by atoms with E-state index in [-0.39, 0.29) is 37.6 Å². The molecule has 176 valence electrons. The second-order valence-corrected chi connectivity index (χ2v) is 7.39. The van der Waals surface area contributed by atoms with E-state index < -0.39 is 0 Å². The van der Waals surface area contributed by atoms with Crippen LogP contribution in [-0.2, 0) is 4.79 Å². The van der Waals surface area contributed by atoms with Crippen LogP contribution < -0.4 is 20.4 Å². The van der Waals surface area contributed by atoms with Crippen molar-refractivity contribution in [3.63, 3.8) is 0 Å². The van der Waals surface area contributed by atoms with Gasteiger partial charge in [0.05, 0.1) is 12.8 Å². The van der Waals surface area contributed by atoms with Crippen molar-refractivity contribution in [3.8, 4) is 6.01 Å². The molecule has 0 aliphatic rings. The lowest BCUT2D eigenvalue weighted by Crippen LogP contribution is -2.31. The van der Waals surface area contributed by atoms with Crippen molar-refractivity contribution < 1.29 is 14.6 Å². The molecule has 0 unspecified atom stereocenters. The summed E-state index contributed by atoms with van der Waals surface area (Å²) in [6.45, 7) is 2.64. The first-order chi connectivity index (χ1) is 16.1. The third kappa shape index (κ3) is 7.14. The largest absolute Gasteiger partial charge is 0.453 e. The first-order valence-corrected chi connectivity index (χ1v) is 10.9. The number of aliphatic hydroxyl groups is 1. The summed E-state index contributed by atoms with van der Waals surface area (Å²) in [5.41, 5.74) is 4.76. The Morgan fingerprint density at radius 3 is 2.94 bits per heavy atom. The number of hydrazone groups is 1. The Labute approximate surface area is 192 Å². The molecule has 33 heavy (non-hydrogen) atoms. The number of benzene rings is 1. The fourth-order valence-corrected chi connectivity index (χ4v) is 3.07. The van der Waals surface area contributed by atoms with Gasteiger partial charge in [-0.05, 0) is 12.5 Å². The molecule has 2 aromatic heterocycles. The van der Waals surface area contributed by atoms with Gasteiger partial charge in [0.2, 0.25) is 5.95 Å². The number of nitrogens with one attached hydrogen (secondary N) is 3. The molecule has 11 nitrogen and oxygen atoms in total. The average molecular weight is 455 g/mol. The van der Waals surface area contributed by atoms with Crippen LogP contribution in [0, 0.1) is 0 Å².